The Labute approximate surface area is 155 Å². The molecule has 0 atom stereocenters. The average Bonchev–Trinajstić information content (AvgIpc) is 2.67. The zero-order chi connectivity index (χ0) is 19.1. The molecule has 0 fully saturated rings. The molecule has 0 aliphatic heterocycles. The van der Waals surface area contributed by atoms with E-state index >= 15 is 0 Å². The lowest BCUT2D eigenvalue weighted by molar-refractivity contribution is 0.0787. The molecule has 2 aromatic rings. The SMILES string of the molecule is CCCCN(C)C(=O)c1cccc(C(=O)Nc2c(C)cccc2CC)n1. The second-order valence-corrected chi connectivity index (χ2v) is 6.41. The summed E-state index contributed by atoms with van der Waals surface area (Å²) in [5.74, 6) is -0.474. The van der Waals surface area contributed by atoms with Crippen molar-refractivity contribution in [2.24, 2.45) is 0 Å². The molecule has 5 nitrogen and oxygen atoms in total. The third-order valence-corrected chi connectivity index (χ3v) is 4.37. The van der Waals surface area contributed by atoms with Crippen molar-refractivity contribution in [2.75, 3.05) is 18.9 Å². The summed E-state index contributed by atoms with van der Waals surface area (Å²) in [6, 6.07) is 10.9. The molecule has 2 amide bonds. The number of nitrogens with zero attached hydrogens (tertiary/aromatic N) is 2. The molecule has 2 rings (SSSR count). The van der Waals surface area contributed by atoms with E-state index in [4.69, 9.17) is 0 Å². The number of amides is 2. The van der Waals surface area contributed by atoms with E-state index in [2.05, 4.69) is 17.2 Å². The summed E-state index contributed by atoms with van der Waals surface area (Å²) in [5.41, 5.74) is 3.43. The summed E-state index contributed by atoms with van der Waals surface area (Å²) in [4.78, 5) is 31.0. The number of rotatable bonds is 7. The largest absolute Gasteiger partial charge is 0.340 e. The molecule has 0 aliphatic rings. The lowest BCUT2D eigenvalue weighted by Crippen LogP contribution is -2.29. The minimum atomic E-state index is -0.306. The standard InChI is InChI=1S/C21H27N3O2/c1-5-7-14-24(4)21(26)18-13-9-12-17(22-18)20(25)23-19-15(3)10-8-11-16(19)6-2/h8-13H,5-7,14H2,1-4H3,(H,23,25). The van der Waals surface area contributed by atoms with E-state index in [-0.39, 0.29) is 23.2 Å². The molecule has 0 bridgehead atoms. The van der Waals surface area contributed by atoms with Crippen molar-refractivity contribution in [2.45, 2.75) is 40.0 Å². The molecule has 0 spiro atoms. The Morgan fingerprint density at radius 1 is 1.08 bits per heavy atom. The quantitative estimate of drug-likeness (QED) is 0.816. The van der Waals surface area contributed by atoms with Crippen LogP contribution in [0.25, 0.3) is 0 Å². The number of unbranched alkanes of at least 4 members (excludes halogenated alkanes) is 1. The van der Waals surface area contributed by atoms with Gasteiger partial charge >= 0.3 is 0 Å². The van der Waals surface area contributed by atoms with Crippen LogP contribution in [0.2, 0.25) is 0 Å². The molecule has 0 saturated heterocycles. The van der Waals surface area contributed by atoms with Crippen molar-refractivity contribution in [1.29, 1.82) is 0 Å². The van der Waals surface area contributed by atoms with Gasteiger partial charge in [-0.2, -0.15) is 0 Å². The smallest absolute Gasteiger partial charge is 0.274 e. The lowest BCUT2D eigenvalue weighted by Gasteiger charge is -2.16. The highest BCUT2D eigenvalue weighted by Gasteiger charge is 2.16. The Morgan fingerprint density at radius 2 is 1.77 bits per heavy atom. The number of para-hydroxylation sites is 1. The van der Waals surface area contributed by atoms with Crippen LogP contribution in [0.5, 0.6) is 0 Å². The van der Waals surface area contributed by atoms with Crippen molar-refractivity contribution in [3.63, 3.8) is 0 Å². The molecule has 0 aliphatic carbocycles. The highest BCUT2D eigenvalue weighted by atomic mass is 16.2. The number of anilines is 1. The second kappa shape index (κ2) is 9.13. The molecule has 0 radical (unpaired) electrons. The number of carbonyl (C=O) groups excluding carboxylic acids is 2. The van der Waals surface area contributed by atoms with Gasteiger partial charge in [0.25, 0.3) is 11.8 Å². The van der Waals surface area contributed by atoms with Gasteiger partial charge in [-0.15, -0.1) is 0 Å². The number of benzene rings is 1. The van der Waals surface area contributed by atoms with Gasteiger partial charge in [0, 0.05) is 19.3 Å². The Bertz CT molecular complexity index is 787. The van der Waals surface area contributed by atoms with Crippen LogP contribution in [0.3, 0.4) is 0 Å². The van der Waals surface area contributed by atoms with Crippen molar-refractivity contribution >= 4 is 17.5 Å². The van der Waals surface area contributed by atoms with Gasteiger partial charge in [-0.3, -0.25) is 9.59 Å². The molecule has 138 valence electrons. The minimum Gasteiger partial charge on any atom is -0.340 e. The van der Waals surface area contributed by atoms with Crippen molar-refractivity contribution in [3.8, 4) is 0 Å². The highest BCUT2D eigenvalue weighted by molar-refractivity contribution is 6.04. The number of nitrogens with one attached hydrogen (secondary N) is 1. The van der Waals surface area contributed by atoms with Gasteiger partial charge in [0.05, 0.1) is 0 Å². The van der Waals surface area contributed by atoms with Crippen LogP contribution < -0.4 is 5.32 Å². The van der Waals surface area contributed by atoms with Crippen LogP contribution in [-0.2, 0) is 6.42 Å². The van der Waals surface area contributed by atoms with Crippen molar-refractivity contribution in [1.82, 2.24) is 9.88 Å². The van der Waals surface area contributed by atoms with Crippen LogP contribution >= 0.6 is 0 Å². The van der Waals surface area contributed by atoms with Gasteiger partial charge in [0.2, 0.25) is 0 Å². The van der Waals surface area contributed by atoms with Gasteiger partial charge in [-0.1, -0.05) is 44.5 Å². The van der Waals surface area contributed by atoms with Crippen LogP contribution in [0, 0.1) is 6.92 Å². The van der Waals surface area contributed by atoms with Crippen LogP contribution in [0.1, 0.15) is 58.8 Å². The van der Waals surface area contributed by atoms with Gasteiger partial charge in [0.15, 0.2) is 0 Å². The van der Waals surface area contributed by atoms with Gasteiger partial charge < -0.3 is 10.2 Å². The number of hydrogen-bond acceptors (Lipinski definition) is 3. The van der Waals surface area contributed by atoms with E-state index < -0.39 is 0 Å². The first kappa shape index (κ1) is 19.6. The van der Waals surface area contributed by atoms with Gasteiger partial charge in [-0.05, 0) is 43.0 Å². The molecular weight excluding hydrogens is 326 g/mol. The maximum Gasteiger partial charge on any atom is 0.274 e. The van der Waals surface area contributed by atoms with Crippen LogP contribution in [0.4, 0.5) is 5.69 Å². The van der Waals surface area contributed by atoms with Gasteiger partial charge in [-0.25, -0.2) is 4.98 Å². The molecule has 1 N–H and O–H groups in total. The molecule has 26 heavy (non-hydrogen) atoms. The summed E-state index contributed by atoms with van der Waals surface area (Å²) >= 11 is 0. The first-order chi connectivity index (χ1) is 12.5. The fraction of sp³-hybridized carbons (Fsp3) is 0.381. The Morgan fingerprint density at radius 3 is 2.46 bits per heavy atom. The van der Waals surface area contributed by atoms with Crippen LogP contribution in [-0.4, -0.2) is 35.3 Å². The third-order valence-electron chi connectivity index (χ3n) is 4.37. The summed E-state index contributed by atoms with van der Waals surface area (Å²) < 4.78 is 0. The van der Waals surface area contributed by atoms with E-state index in [1.165, 1.54) is 0 Å². The predicted octanol–water partition coefficient (Wildman–Crippen LogP) is 4.08. The van der Waals surface area contributed by atoms with Gasteiger partial charge in [0.1, 0.15) is 11.4 Å². The van der Waals surface area contributed by atoms with Crippen molar-refractivity contribution in [3.05, 3.63) is 58.9 Å². The minimum absolute atomic E-state index is 0.168. The zero-order valence-electron chi connectivity index (χ0n) is 16.0. The first-order valence-electron chi connectivity index (χ1n) is 9.10. The van der Waals surface area contributed by atoms with E-state index in [0.29, 0.717) is 6.54 Å². The molecule has 5 heteroatoms. The second-order valence-electron chi connectivity index (χ2n) is 6.41. The maximum atomic E-state index is 12.7. The fourth-order valence-corrected chi connectivity index (χ4v) is 2.75. The number of pyridine rings is 1. The topological polar surface area (TPSA) is 62.3 Å². The predicted molar refractivity (Wildman–Crippen MR) is 105 cm³/mol. The van der Waals surface area contributed by atoms with E-state index in [1.54, 1.807) is 30.1 Å². The van der Waals surface area contributed by atoms with E-state index in [0.717, 1.165) is 36.1 Å². The number of aromatic nitrogens is 1. The Hall–Kier alpha value is -2.69. The average molecular weight is 353 g/mol. The molecule has 0 saturated carbocycles. The number of carbonyl (C=O) groups is 2. The summed E-state index contributed by atoms with van der Waals surface area (Å²) in [7, 11) is 1.76. The number of aryl methyl sites for hydroxylation is 2. The molecular formula is C21H27N3O2. The molecule has 1 aromatic carbocycles. The zero-order valence-corrected chi connectivity index (χ0v) is 16.0. The molecule has 1 aromatic heterocycles. The lowest BCUT2D eigenvalue weighted by atomic mass is 10.1. The van der Waals surface area contributed by atoms with Crippen LogP contribution in [0.15, 0.2) is 36.4 Å². The number of hydrogen-bond donors (Lipinski definition) is 1. The molecule has 0 unspecified atom stereocenters. The summed E-state index contributed by atoms with van der Waals surface area (Å²) in [6.45, 7) is 6.77. The first-order valence-corrected chi connectivity index (χ1v) is 9.10. The third kappa shape index (κ3) is 4.69. The van der Waals surface area contributed by atoms with E-state index in [1.807, 2.05) is 32.0 Å². The van der Waals surface area contributed by atoms with E-state index in [9.17, 15) is 9.59 Å². The summed E-state index contributed by atoms with van der Waals surface area (Å²) in [6.07, 6.45) is 2.78. The fourth-order valence-electron chi connectivity index (χ4n) is 2.75. The Kier molecular flexibility index (Phi) is 6.89. The highest BCUT2D eigenvalue weighted by Crippen LogP contribution is 2.21. The Balaban J connectivity index is 2.20. The normalized spacial score (nSPS) is 10.5. The van der Waals surface area contributed by atoms with Crippen molar-refractivity contribution < 1.29 is 9.59 Å². The maximum absolute atomic E-state index is 12.7. The summed E-state index contributed by atoms with van der Waals surface area (Å²) in [5, 5.41) is 2.95. The monoisotopic (exact) mass is 353 g/mol. The molecule has 1 heterocycles.